The van der Waals surface area contributed by atoms with E-state index in [1.807, 2.05) is 37.3 Å². The Kier molecular flexibility index (Phi) is 6.22. The van der Waals surface area contributed by atoms with Gasteiger partial charge in [0.2, 0.25) is 0 Å². The molecule has 0 unspecified atom stereocenters. The van der Waals surface area contributed by atoms with Crippen LogP contribution < -0.4 is 0 Å². The Balaban J connectivity index is 3.53. The zero-order chi connectivity index (χ0) is 6.95. The minimum Gasteiger partial charge on any atom is -0.125 e. The van der Waals surface area contributed by atoms with E-state index in [4.69, 9.17) is 0 Å². The molecule has 9 heavy (non-hydrogen) atoms. The van der Waals surface area contributed by atoms with Crippen molar-refractivity contribution >= 4 is 0 Å². The van der Waals surface area contributed by atoms with E-state index in [0.29, 0.717) is 0 Å². The van der Waals surface area contributed by atoms with Crippen molar-refractivity contribution in [2.75, 3.05) is 0 Å². The van der Waals surface area contributed by atoms with Crippen LogP contribution in [0.25, 0.3) is 0 Å². The quantitative estimate of drug-likeness (QED) is 0.305. The fourth-order valence-electron chi connectivity index (χ4n) is 0.371. The molecule has 0 nitrogen and oxygen atoms in total. The van der Waals surface area contributed by atoms with Gasteiger partial charge in [-0.1, -0.05) is 18.2 Å². The summed E-state index contributed by atoms with van der Waals surface area (Å²) >= 11 is 0. The molecule has 0 bridgehead atoms. The van der Waals surface area contributed by atoms with Gasteiger partial charge >= 0.3 is 0 Å². The number of hydrogen-bond acceptors (Lipinski definition) is 0. The first-order valence-corrected chi connectivity index (χ1v) is 3.05. The van der Waals surface area contributed by atoms with E-state index in [1.54, 1.807) is 0 Å². The molecule has 0 saturated carbocycles. The van der Waals surface area contributed by atoms with Crippen LogP contribution in [0.3, 0.4) is 0 Å². The fraction of sp³-hybridized carbons (Fsp3) is 0.222. The molecular formula is C9H12. The average molecular weight is 120 g/mol. The lowest BCUT2D eigenvalue weighted by Crippen LogP contribution is -1.48. The molecule has 0 aromatic rings. The smallest absolute Gasteiger partial charge is 0.00956 e. The third-order valence-electron chi connectivity index (χ3n) is 0.787. The van der Waals surface area contributed by atoms with Crippen LogP contribution in [0.4, 0.5) is 0 Å². The molecule has 0 N–H and O–H groups in total. The highest BCUT2D eigenvalue weighted by Gasteiger charge is 1.59. The number of allylic oxidation sites excluding steroid dienone is 4. The molecule has 0 aromatic heterocycles. The van der Waals surface area contributed by atoms with E-state index >= 15 is 0 Å². The summed E-state index contributed by atoms with van der Waals surface area (Å²) in [7, 11) is 0. The first-order valence-electron chi connectivity index (χ1n) is 3.05. The maximum absolute atomic E-state index is 3.58. The predicted molar refractivity (Wildman–Crippen MR) is 42.3 cm³/mol. The van der Waals surface area contributed by atoms with Gasteiger partial charge in [-0.3, -0.25) is 0 Å². The Morgan fingerprint density at radius 3 is 2.89 bits per heavy atom. The lowest BCUT2D eigenvalue weighted by molar-refractivity contribution is 1.42. The molecule has 0 amide bonds. The molecule has 0 saturated heterocycles. The van der Waals surface area contributed by atoms with Crippen molar-refractivity contribution in [1.82, 2.24) is 0 Å². The van der Waals surface area contributed by atoms with E-state index in [0.717, 1.165) is 6.42 Å². The second-order valence-corrected chi connectivity index (χ2v) is 1.59. The molecule has 48 valence electrons. The molecule has 0 aliphatic rings. The summed E-state index contributed by atoms with van der Waals surface area (Å²) < 4.78 is 0. The lowest BCUT2D eigenvalue weighted by Gasteiger charge is -1.69. The van der Waals surface area contributed by atoms with Gasteiger partial charge in [0, 0.05) is 0 Å². The molecule has 0 atom stereocenters. The van der Waals surface area contributed by atoms with Crippen LogP contribution in [-0.2, 0) is 0 Å². The molecule has 0 aliphatic carbocycles. The van der Waals surface area contributed by atoms with Crippen LogP contribution in [-0.4, -0.2) is 0 Å². The van der Waals surface area contributed by atoms with E-state index < -0.39 is 0 Å². The maximum Gasteiger partial charge on any atom is -0.00956 e. The van der Waals surface area contributed by atoms with E-state index in [2.05, 4.69) is 12.3 Å². The highest BCUT2D eigenvalue weighted by atomic mass is 13.7. The molecule has 0 spiro atoms. The van der Waals surface area contributed by atoms with Gasteiger partial charge in [-0.05, 0) is 25.5 Å². The summed E-state index contributed by atoms with van der Waals surface area (Å²) in [5, 5.41) is 0. The highest BCUT2D eigenvalue weighted by Crippen LogP contribution is 1.79. The van der Waals surface area contributed by atoms with Gasteiger partial charge in [-0.15, -0.1) is 12.3 Å². The second-order valence-electron chi connectivity index (χ2n) is 1.59. The Labute approximate surface area is 56.9 Å². The van der Waals surface area contributed by atoms with Crippen LogP contribution in [0, 0.1) is 0 Å². The molecule has 0 aromatic carbocycles. The topological polar surface area (TPSA) is 0 Å². The lowest BCUT2D eigenvalue weighted by atomic mass is 10.4. The minimum atomic E-state index is 0.897. The molecule has 0 radical (unpaired) electrons. The monoisotopic (exact) mass is 120 g/mol. The van der Waals surface area contributed by atoms with Gasteiger partial charge < -0.3 is 0 Å². The molecule has 0 heterocycles. The van der Waals surface area contributed by atoms with Crippen LogP contribution in [0.5, 0.6) is 0 Å². The SMILES string of the molecule is C=CCC=C=CC=CC. The molecule has 0 fully saturated rings. The van der Waals surface area contributed by atoms with Crippen molar-refractivity contribution in [3.63, 3.8) is 0 Å². The van der Waals surface area contributed by atoms with Gasteiger partial charge in [-0.2, -0.15) is 0 Å². The van der Waals surface area contributed by atoms with Crippen molar-refractivity contribution in [2.24, 2.45) is 0 Å². The molecular weight excluding hydrogens is 108 g/mol. The summed E-state index contributed by atoms with van der Waals surface area (Å²) in [6.45, 7) is 5.55. The molecule has 0 heteroatoms. The first kappa shape index (κ1) is 8.00. The van der Waals surface area contributed by atoms with Gasteiger partial charge in [0.1, 0.15) is 0 Å². The summed E-state index contributed by atoms with van der Waals surface area (Å²) in [5.41, 5.74) is 2.98. The first-order chi connectivity index (χ1) is 4.41. The van der Waals surface area contributed by atoms with E-state index in [9.17, 15) is 0 Å². The highest BCUT2D eigenvalue weighted by molar-refractivity contribution is 5.01. The zero-order valence-corrected chi connectivity index (χ0v) is 5.80. The van der Waals surface area contributed by atoms with Gasteiger partial charge in [0.25, 0.3) is 0 Å². The third kappa shape index (κ3) is 7.00. The Hall–Kier alpha value is -1.00. The van der Waals surface area contributed by atoms with Crippen molar-refractivity contribution in [1.29, 1.82) is 0 Å². The van der Waals surface area contributed by atoms with Crippen LogP contribution in [0.2, 0.25) is 0 Å². The summed E-state index contributed by atoms with van der Waals surface area (Å²) in [5.74, 6) is 0. The van der Waals surface area contributed by atoms with Crippen molar-refractivity contribution < 1.29 is 0 Å². The van der Waals surface area contributed by atoms with Crippen molar-refractivity contribution in [2.45, 2.75) is 13.3 Å². The molecule has 0 rings (SSSR count). The van der Waals surface area contributed by atoms with Crippen LogP contribution in [0.15, 0.2) is 42.7 Å². The maximum atomic E-state index is 3.58. The van der Waals surface area contributed by atoms with Gasteiger partial charge in [0.15, 0.2) is 0 Å². The fourth-order valence-corrected chi connectivity index (χ4v) is 0.371. The summed E-state index contributed by atoms with van der Waals surface area (Å²) in [4.78, 5) is 0. The van der Waals surface area contributed by atoms with Gasteiger partial charge in [-0.25, -0.2) is 0 Å². The number of hydrogen-bond donors (Lipinski definition) is 0. The summed E-state index contributed by atoms with van der Waals surface area (Å²) in [6, 6.07) is 0. The average Bonchev–Trinajstić information content (AvgIpc) is 1.89. The Bertz CT molecular complexity index is 143. The molecule has 0 aliphatic heterocycles. The number of rotatable bonds is 3. The predicted octanol–water partition coefficient (Wildman–Crippen LogP) is 2.85. The van der Waals surface area contributed by atoms with Crippen LogP contribution >= 0.6 is 0 Å². The van der Waals surface area contributed by atoms with Gasteiger partial charge in [0.05, 0.1) is 0 Å². The van der Waals surface area contributed by atoms with E-state index in [-0.39, 0.29) is 0 Å². The zero-order valence-electron chi connectivity index (χ0n) is 5.80. The normalized spacial score (nSPS) is 8.56. The standard InChI is InChI=1S/C9H12/c1-3-5-7-9-8-6-4-2/h3-4,6-8H,1,5H2,2H3. The second kappa shape index (κ2) is 7.00. The Morgan fingerprint density at radius 2 is 2.33 bits per heavy atom. The van der Waals surface area contributed by atoms with Crippen molar-refractivity contribution in [3.8, 4) is 0 Å². The third-order valence-corrected chi connectivity index (χ3v) is 0.787. The summed E-state index contributed by atoms with van der Waals surface area (Å²) in [6.07, 6.45) is 10.5. The van der Waals surface area contributed by atoms with Crippen molar-refractivity contribution in [3.05, 3.63) is 42.7 Å². The minimum absolute atomic E-state index is 0.897. The van der Waals surface area contributed by atoms with E-state index in [1.165, 1.54) is 0 Å². The van der Waals surface area contributed by atoms with Crippen LogP contribution in [0.1, 0.15) is 13.3 Å². The largest absolute Gasteiger partial charge is 0.125 e. The Morgan fingerprint density at radius 1 is 1.56 bits per heavy atom.